The van der Waals surface area contributed by atoms with E-state index in [9.17, 15) is 18.0 Å². The summed E-state index contributed by atoms with van der Waals surface area (Å²) in [6, 6.07) is 22.4. The van der Waals surface area contributed by atoms with E-state index in [1.54, 1.807) is 23.9 Å². The number of nitrogens with one attached hydrogen (secondary N) is 1. The molecule has 1 N–H and O–H groups in total. The van der Waals surface area contributed by atoms with Gasteiger partial charge in [-0.3, -0.25) is 4.79 Å². The Morgan fingerprint density at radius 3 is 2.35 bits per heavy atom. The molecule has 8 heteroatoms. The number of amides is 1. The number of fused-ring (bicyclic) bond motifs is 1. The number of thioether (sulfide) groups is 1. The average Bonchev–Trinajstić information content (AvgIpc) is 3.64. The van der Waals surface area contributed by atoms with Crippen molar-refractivity contribution in [2.24, 2.45) is 0 Å². The van der Waals surface area contributed by atoms with E-state index in [0.29, 0.717) is 24.6 Å². The van der Waals surface area contributed by atoms with Gasteiger partial charge in [0.25, 0.3) is 5.91 Å². The van der Waals surface area contributed by atoms with Gasteiger partial charge in [0, 0.05) is 46.1 Å². The Morgan fingerprint density at radius 2 is 1.70 bits per heavy atom. The van der Waals surface area contributed by atoms with Gasteiger partial charge >= 0.3 is 6.36 Å². The zero-order valence-corrected chi connectivity index (χ0v) is 21.2. The standard InChI is InChI=1S/C29H27F3N2O2S/c1-2-37-26-12-5-20(6-13-26)18-33-28(35)21-7-14-27-22(16-21)17-24(34(27)23-8-9-23)15-19-3-10-25(11-4-19)36-29(30,31)32/h3-7,10-14,16-17,23H,2,8-9,15,18H2,1H3,(H,33,35). The van der Waals surface area contributed by atoms with E-state index in [2.05, 4.69) is 39.7 Å². The van der Waals surface area contributed by atoms with Crippen LogP contribution in [-0.2, 0) is 13.0 Å². The minimum atomic E-state index is -4.71. The maximum absolute atomic E-state index is 12.9. The summed E-state index contributed by atoms with van der Waals surface area (Å²) in [5.74, 6) is 0.659. The van der Waals surface area contributed by atoms with E-state index < -0.39 is 6.36 Å². The summed E-state index contributed by atoms with van der Waals surface area (Å²) in [5, 5.41) is 3.98. The van der Waals surface area contributed by atoms with Gasteiger partial charge in [-0.05, 0) is 78.3 Å². The van der Waals surface area contributed by atoms with Gasteiger partial charge in [0.1, 0.15) is 5.75 Å². The van der Waals surface area contributed by atoms with Crippen LogP contribution in [0.4, 0.5) is 13.2 Å². The van der Waals surface area contributed by atoms with Crippen LogP contribution in [0.25, 0.3) is 10.9 Å². The molecule has 0 saturated heterocycles. The fourth-order valence-corrected chi connectivity index (χ4v) is 5.17. The molecule has 1 aliphatic rings. The first kappa shape index (κ1) is 25.3. The smallest absolute Gasteiger partial charge is 0.406 e. The Labute approximate surface area is 217 Å². The van der Waals surface area contributed by atoms with Crippen LogP contribution in [0.1, 0.15) is 53.0 Å². The molecule has 1 saturated carbocycles. The van der Waals surface area contributed by atoms with Gasteiger partial charge in [-0.25, -0.2) is 0 Å². The summed E-state index contributed by atoms with van der Waals surface area (Å²) in [4.78, 5) is 14.1. The number of hydrogen-bond donors (Lipinski definition) is 1. The molecule has 1 heterocycles. The number of halogens is 3. The molecule has 1 fully saturated rings. The average molecular weight is 525 g/mol. The van der Waals surface area contributed by atoms with Crippen molar-refractivity contribution in [3.05, 3.63) is 95.2 Å². The lowest BCUT2D eigenvalue weighted by atomic mass is 10.1. The first-order valence-electron chi connectivity index (χ1n) is 12.3. The van der Waals surface area contributed by atoms with Crippen molar-refractivity contribution in [3.8, 4) is 5.75 Å². The number of rotatable bonds is 9. The van der Waals surface area contributed by atoms with Crippen LogP contribution < -0.4 is 10.1 Å². The van der Waals surface area contributed by atoms with Crippen LogP contribution in [0.15, 0.2) is 77.7 Å². The molecule has 1 aromatic heterocycles. The van der Waals surface area contributed by atoms with Crippen molar-refractivity contribution in [1.82, 2.24) is 9.88 Å². The molecule has 4 nitrogen and oxygen atoms in total. The second-order valence-corrected chi connectivity index (χ2v) is 10.5. The maximum atomic E-state index is 12.9. The Kier molecular flexibility index (Phi) is 7.20. The molecule has 0 atom stereocenters. The minimum absolute atomic E-state index is 0.130. The van der Waals surface area contributed by atoms with Gasteiger partial charge in [0.05, 0.1) is 0 Å². The Balaban J connectivity index is 1.31. The second kappa shape index (κ2) is 10.5. The molecule has 192 valence electrons. The van der Waals surface area contributed by atoms with Gasteiger partial charge in [0.2, 0.25) is 0 Å². The van der Waals surface area contributed by atoms with Crippen LogP contribution in [0, 0.1) is 0 Å². The summed E-state index contributed by atoms with van der Waals surface area (Å²) in [6.45, 7) is 2.57. The van der Waals surface area contributed by atoms with Crippen LogP contribution in [-0.4, -0.2) is 22.6 Å². The van der Waals surface area contributed by atoms with Gasteiger partial charge in [-0.15, -0.1) is 24.9 Å². The van der Waals surface area contributed by atoms with Crippen LogP contribution >= 0.6 is 11.8 Å². The predicted octanol–water partition coefficient (Wildman–Crippen LogP) is 7.51. The van der Waals surface area contributed by atoms with E-state index >= 15 is 0 Å². The summed E-state index contributed by atoms with van der Waals surface area (Å²) in [5.41, 5.74) is 4.67. The highest BCUT2D eigenvalue weighted by Crippen LogP contribution is 2.40. The number of carbonyl (C=O) groups is 1. The van der Waals surface area contributed by atoms with Crippen LogP contribution in [0.3, 0.4) is 0 Å². The Hall–Kier alpha value is -3.39. The molecule has 1 aliphatic carbocycles. The third-order valence-corrected chi connectivity index (χ3v) is 7.22. The number of benzene rings is 3. The van der Waals surface area contributed by atoms with E-state index in [0.717, 1.165) is 46.3 Å². The molecule has 5 rings (SSSR count). The Bertz CT molecular complexity index is 1390. The molecular weight excluding hydrogens is 497 g/mol. The van der Waals surface area contributed by atoms with Crippen molar-refractivity contribution in [3.63, 3.8) is 0 Å². The normalized spacial score (nSPS) is 13.6. The van der Waals surface area contributed by atoms with Crippen LogP contribution in [0.2, 0.25) is 0 Å². The molecule has 0 unspecified atom stereocenters. The fourth-order valence-electron chi connectivity index (χ4n) is 4.51. The van der Waals surface area contributed by atoms with Crippen molar-refractivity contribution >= 4 is 28.6 Å². The van der Waals surface area contributed by atoms with E-state index in [4.69, 9.17) is 0 Å². The molecule has 0 radical (unpaired) electrons. The topological polar surface area (TPSA) is 43.3 Å². The van der Waals surface area contributed by atoms with Gasteiger partial charge in [-0.2, -0.15) is 0 Å². The van der Waals surface area contributed by atoms with Gasteiger partial charge < -0.3 is 14.6 Å². The summed E-state index contributed by atoms with van der Waals surface area (Å²) < 4.78 is 43.7. The first-order valence-corrected chi connectivity index (χ1v) is 13.3. The second-order valence-electron chi connectivity index (χ2n) is 9.14. The van der Waals surface area contributed by atoms with E-state index in [1.165, 1.54) is 17.0 Å². The molecular formula is C29H27F3N2O2S. The highest BCUT2D eigenvalue weighted by Gasteiger charge is 2.31. The number of hydrogen-bond acceptors (Lipinski definition) is 3. The molecule has 1 amide bonds. The zero-order valence-electron chi connectivity index (χ0n) is 20.3. The zero-order chi connectivity index (χ0) is 26.0. The SMILES string of the molecule is CCSc1ccc(CNC(=O)c2ccc3c(c2)cc(Cc2ccc(OC(F)(F)F)cc2)n3C2CC2)cc1. The van der Waals surface area contributed by atoms with E-state index in [1.807, 2.05) is 30.3 Å². The van der Waals surface area contributed by atoms with Crippen LogP contribution in [0.5, 0.6) is 5.75 Å². The Morgan fingerprint density at radius 1 is 1.00 bits per heavy atom. The highest BCUT2D eigenvalue weighted by atomic mass is 32.2. The maximum Gasteiger partial charge on any atom is 0.573 e. The third kappa shape index (κ3) is 6.31. The number of aromatic nitrogens is 1. The molecule has 37 heavy (non-hydrogen) atoms. The molecule has 0 aliphatic heterocycles. The molecule has 4 aromatic rings. The largest absolute Gasteiger partial charge is 0.573 e. The van der Waals surface area contributed by atoms with Crippen molar-refractivity contribution in [2.75, 3.05) is 5.75 Å². The molecule has 3 aromatic carbocycles. The lowest BCUT2D eigenvalue weighted by Crippen LogP contribution is -2.22. The molecule has 0 spiro atoms. The highest BCUT2D eigenvalue weighted by molar-refractivity contribution is 7.99. The number of alkyl halides is 3. The van der Waals surface area contributed by atoms with Gasteiger partial charge in [-0.1, -0.05) is 31.2 Å². The van der Waals surface area contributed by atoms with Gasteiger partial charge in [0.15, 0.2) is 0 Å². The lowest BCUT2D eigenvalue weighted by molar-refractivity contribution is -0.274. The van der Waals surface area contributed by atoms with Crippen molar-refractivity contribution < 1.29 is 22.7 Å². The first-order chi connectivity index (χ1) is 17.8. The minimum Gasteiger partial charge on any atom is -0.406 e. The summed E-state index contributed by atoms with van der Waals surface area (Å²) in [6.07, 6.45) is -1.95. The van der Waals surface area contributed by atoms with E-state index in [-0.39, 0.29) is 11.7 Å². The summed E-state index contributed by atoms with van der Waals surface area (Å²) in [7, 11) is 0. The third-order valence-electron chi connectivity index (χ3n) is 6.32. The number of carbonyl (C=O) groups excluding carboxylic acids is 1. The number of nitrogens with zero attached hydrogens (tertiary/aromatic N) is 1. The monoisotopic (exact) mass is 524 g/mol. The number of ether oxygens (including phenoxy) is 1. The van der Waals surface area contributed by atoms with Crippen molar-refractivity contribution in [2.45, 2.75) is 50.0 Å². The van der Waals surface area contributed by atoms with Crippen molar-refractivity contribution in [1.29, 1.82) is 0 Å². The molecule has 0 bridgehead atoms. The lowest BCUT2D eigenvalue weighted by Gasteiger charge is -2.11. The predicted molar refractivity (Wildman–Crippen MR) is 140 cm³/mol. The fraction of sp³-hybridized carbons (Fsp3) is 0.276. The summed E-state index contributed by atoms with van der Waals surface area (Å²) >= 11 is 1.78. The quantitative estimate of drug-likeness (QED) is 0.231.